The SMILES string of the molecule is CCOc1ccc2c(c1)C(O)Cc1c(cccc1C(Cl)(Cl)Cl)S2. The van der Waals surface area contributed by atoms with Gasteiger partial charge in [-0.2, -0.15) is 0 Å². The van der Waals surface area contributed by atoms with E-state index >= 15 is 0 Å². The molecule has 0 radical (unpaired) electrons. The van der Waals surface area contributed by atoms with E-state index in [0.717, 1.165) is 26.7 Å². The zero-order valence-corrected chi connectivity index (χ0v) is 15.4. The van der Waals surface area contributed by atoms with Crippen molar-refractivity contribution in [1.82, 2.24) is 0 Å². The summed E-state index contributed by atoms with van der Waals surface area (Å²) in [5.74, 6) is 0.749. The molecule has 23 heavy (non-hydrogen) atoms. The van der Waals surface area contributed by atoms with Crippen LogP contribution in [0.2, 0.25) is 0 Å². The second-order valence-electron chi connectivity index (χ2n) is 5.23. The van der Waals surface area contributed by atoms with Crippen LogP contribution in [-0.4, -0.2) is 11.7 Å². The van der Waals surface area contributed by atoms with E-state index in [9.17, 15) is 5.11 Å². The summed E-state index contributed by atoms with van der Waals surface area (Å²) in [4.78, 5) is 1.98. The molecule has 0 aliphatic carbocycles. The van der Waals surface area contributed by atoms with Crippen LogP contribution >= 0.6 is 46.6 Å². The molecule has 1 atom stereocenters. The molecule has 1 aliphatic heterocycles. The molecular weight excluding hydrogens is 375 g/mol. The molecule has 2 aromatic rings. The predicted molar refractivity (Wildman–Crippen MR) is 96.1 cm³/mol. The van der Waals surface area contributed by atoms with Crippen LogP contribution in [0.5, 0.6) is 5.75 Å². The van der Waals surface area contributed by atoms with Gasteiger partial charge >= 0.3 is 0 Å². The lowest BCUT2D eigenvalue weighted by atomic mass is 9.98. The normalized spacial score (nSPS) is 17.2. The van der Waals surface area contributed by atoms with Gasteiger partial charge in [-0.05, 0) is 42.3 Å². The number of hydrogen-bond donors (Lipinski definition) is 1. The van der Waals surface area contributed by atoms with Crippen molar-refractivity contribution in [3.05, 3.63) is 53.1 Å². The Morgan fingerprint density at radius 3 is 2.70 bits per heavy atom. The monoisotopic (exact) mass is 388 g/mol. The van der Waals surface area contributed by atoms with Crippen molar-refractivity contribution >= 4 is 46.6 Å². The third kappa shape index (κ3) is 3.59. The van der Waals surface area contributed by atoms with Gasteiger partial charge in [0, 0.05) is 21.8 Å². The Morgan fingerprint density at radius 2 is 2.00 bits per heavy atom. The van der Waals surface area contributed by atoms with Crippen LogP contribution in [0.15, 0.2) is 46.2 Å². The van der Waals surface area contributed by atoms with Crippen LogP contribution in [0.1, 0.15) is 29.7 Å². The van der Waals surface area contributed by atoms with Gasteiger partial charge in [0.05, 0.1) is 12.7 Å². The number of ether oxygens (including phenoxy) is 1. The van der Waals surface area contributed by atoms with Gasteiger partial charge in [0.15, 0.2) is 0 Å². The van der Waals surface area contributed by atoms with Crippen LogP contribution < -0.4 is 4.74 Å². The molecule has 2 nitrogen and oxygen atoms in total. The Balaban J connectivity index is 2.08. The quantitative estimate of drug-likeness (QED) is 0.673. The van der Waals surface area contributed by atoms with Crippen LogP contribution in [-0.2, 0) is 10.2 Å². The van der Waals surface area contributed by atoms with Gasteiger partial charge in [0.2, 0.25) is 3.79 Å². The molecule has 1 aliphatic rings. The molecule has 1 N–H and O–H groups in total. The van der Waals surface area contributed by atoms with Crippen molar-refractivity contribution in [1.29, 1.82) is 0 Å². The summed E-state index contributed by atoms with van der Waals surface area (Å²) in [5.41, 5.74) is 2.33. The summed E-state index contributed by atoms with van der Waals surface area (Å²) in [6.07, 6.45) is -0.276. The number of aliphatic hydroxyl groups excluding tert-OH is 1. The van der Waals surface area contributed by atoms with Crippen molar-refractivity contribution < 1.29 is 9.84 Å². The van der Waals surface area contributed by atoms with Gasteiger partial charge in [-0.15, -0.1) is 0 Å². The molecule has 6 heteroatoms. The van der Waals surface area contributed by atoms with E-state index in [0.29, 0.717) is 18.6 Å². The fourth-order valence-electron chi connectivity index (χ4n) is 2.70. The minimum atomic E-state index is -1.52. The molecule has 2 aromatic carbocycles. The summed E-state index contributed by atoms with van der Waals surface area (Å²) in [5, 5.41) is 10.7. The van der Waals surface area contributed by atoms with E-state index in [4.69, 9.17) is 39.5 Å². The molecular formula is C17H15Cl3O2S. The third-order valence-electron chi connectivity index (χ3n) is 3.71. The van der Waals surface area contributed by atoms with Crippen molar-refractivity contribution in [2.75, 3.05) is 6.61 Å². The molecule has 3 rings (SSSR count). The first-order valence-corrected chi connectivity index (χ1v) is 9.17. The summed E-state index contributed by atoms with van der Waals surface area (Å²) in [7, 11) is 0. The van der Waals surface area contributed by atoms with Crippen molar-refractivity contribution in [3.63, 3.8) is 0 Å². The van der Waals surface area contributed by atoms with Gasteiger partial charge in [-0.1, -0.05) is 58.7 Å². The van der Waals surface area contributed by atoms with E-state index in [1.165, 1.54) is 0 Å². The number of fused-ring (bicyclic) bond motifs is 2. The standard InChI is InChI=1S/C17H15Cl3O2S/c1-2-22-10-6-7-16-12(8-10)14(21)9-11-13(17(18,19)20)4-3-5-15(11)23-16/h3-8,14,21H,2,9H2,1H3. The minimum Gasteiger partial charge on any atom is -0.494 e. The fourth-order valence-corrected chi connectivity index (χ4v) is 4.38. The van der Waals surface area contributed by atoms with Gasteiger partial charge in [0.25, 0.3) is 0 Å². The minimum absolute atomic E-state index is 0.398. The van der Waals surface area contributed by atoms with Crippen LogP contribution in [0.3, 0.4) is 0 Å². The second-order valence-corrected chi connectivity index (χ2v) is 8.60. The molecule has 0 saturated heterocycles. The smallest absolute Gasteiger partial charge is 0.216 e. The maximum absolute atomic E-state index is 10.7. The van der Waals surface area contributed by atoms with Crippen LogP contribution in [0, 0.1) is 0 Å². The molecule has 0 amide bonds. The number of alkyl halides is 3. The summed E-state index contributed by atoms with van der Waals surface area (Å²) in [6, 6.07) is 11.4. The summed E-state index contributed by atoms with van der Waals surface area (Å²) in [6.45, 7) is 2.51. The summed E-state index contributed by atoms with van der Waals surface area (Å²) >= 11 is 19.9. The topological polar surface area (TPSA) is 29.5 Å². The van der Waals surface area contributed by atoms with Crippen LogP contribution in [0.4, 0.5) is 0 Å². The zero-order chi connectivity index (χ0) is 16.6. The molecule has 1 heterocycles. The maximum atomic E-state index is 10.7. The van der Waals surface area contributed by atoms with Crippen LogP contribution in [0.25, 0.3) is 0 Å². The number of rotatable bonds is 2. The Hall–Kier alpha value is -0.580. The number of halogens is 3. The molecule has 0 saturated carbocycles. The number of aliphatic hydroxyl groups is 1. The molecule has 0 fully saturated rings. The van der Waals surface area contributed by atoms with E-state index in [2.05, 4.69) is 0 Å². The number of benzene rings is 2. The Kier molecular flexibility index (Phi) is 5.05. The Bertz CT molecular complexity index is 728. The summed E-state index contributed by atoms with van der Waals surface area (Å²) < 4.78 is 4.02. The lowest BCUT2D eigenvalue weighted by Crippen LogP contribution is -2.09. The third-order valence-corrected chi connectivity index (χ3v) is 5.51. The Labute approximate surface area is 154 Å². The van der Waals surface area contributed by atoms with Gasteiger partial charge in [-0.3, -0.25) is 0 Å². The molecule has 0 spiro atoms. The predicted octanol–water partition coefficient (Wildman–Crippen LogP) is 5.65. The zero-order valence-electron chi connectivity index (χ0n) is 12.4. The van der Waals surface area contributed by atoms with E-state index < -0.39 is 9.90 Å². The van der Waals surface area contributed by atoms with E-state index in [1.807, 2.05) is 37.3 Å². The highest BCUT2D eigenvalue weighted by atomic mass is 35.6. The maximum Gasteiger partial charge on any atom is 0.216 e. The lowest BCUT2D eigenvalue weighted by molar-refractivity contribution is 0.174. The molecule has 0 bridgehead atoms. The fraction of sp³-hybridized carbons (Fsp3) is 0.294. The lowest BCUT2D eigenvalue weighted by Gasteiger charge is -2.19. The van der Waals surface area contributed by atoms with E-state index in [1.54, 1.807) is 17.8 Å². The first-order valence-electron chi connectivity index (χ1n) is 7.22. The molecule has 0 aromatic heterocycles. The van der Waals surface area contributed by atoms with Gasteiger partial charge in [0.1, 0.15) is 5.75 Å². The first kappa shape index (κ1) is 17.2. The largest absolute Gasteiger partial charge is 0.494 e. The Morgan fingerprint density at radius 1 is 1.22 bits per heavy atom. The average Bonchev–Trinajstić information content (AvgIpc) is 2.62. The average molecular weight is 390 g/mol. The highest BCUT2D eigenvalue weighted by Crippen LogP contribution is 2.48. The van der Waals surface area contributed by atoms with Gasteiger partial charge in [-0.25, -0.2) is 0 Å². The first-order chi connectivity index (χ1) is 10.9. The second kappa shape index (κ2) is 6.73. The molecule has 1 unspecified atom stereocenters. The van der Waals surface area contributed by atoms with Crippen molar-refractivity contribution in [3.8, 4) is 5.75 Å². The van der Waals surface area contributed by atoms with Crippen molar-refractivity contribution in [2.45, 2.75) is 33.0 Å². The van der Waals surface area contributed by atoms with E-state index in [-0.39, 0.29) is 0 Å². The van der Waals surface area contributed by atoms with Gasteiger partial charge < -0.3 is 9.84 Å². The number of hydrogen-bond acceptors (Lipinski definition) is 3. The highest BCUT2D eigenvalue weighted by molar-refractivity contribution is 7.99. The van der Waals surface area contributed by atoms with Crippen molar-refractivity contribution in [2.24, 2.45) is 0 Å². The molecule has 122 valence electrons. The highest BCUT2D eigenvalue weighted by Gasteiger charge is 2.31.